The molecule has 4 rings (SSSR count). The second kappa shape index (κ2) is 10.3. The Morgan fingerprint density at radius 2 is 1.94 bits per heavy atom. The number of nitrogens with zero attached hydrogens (tertiary/aromatic N) is 3. The number of sulfonamides is 1. The van der Waals surface area contributed by atoms with Crippen molar-refractivity contribution in [2.45, 2.75) is 49.1 Å². The van der Waals surface area contributed by atoms with E-state index in [-0.39, 0.29) is 11.0 Å². The maximum atomic E-state index is 12.7. The summed E-state index contributed by atoms with van der Waals surface area (Å²) in [7, 11) is -3.51. The summed E-state index contributed by atoms with van der Waals surface area (Å²) in [5, 5.41) is 7.12. The third-order valence-electron chi connectivity index (χ3n) is 5.51. The highest BCUT2D eigenvalue weighted by Gasteiger charge is 2.52. The molecule has 2 aromatic rings. The van der Waals surface area contributed by atoms with Gasteiger partial charge < -0.3 is 14.6 Å². The van der Waals surface area contributed by atoms with Gasteiger partial charge in [-0.3, -0.25) is 9.97 Å². The number of hydrogen-bond donors (Lipinski definition) is 1. The Hall–Kier alpha value is -2.61. The minimum Gasteiger partial charge on any atom is -0.475 e. The number of hydrogen-bond acceptors (Lipinski definition) is 7. The quantitative estimate of drug-likeness (QED) is 0.661. The standard InChI is InChI=1S/C19H23N3O4S.C2HF3O2/c1-15-4-7-21-10-16(15)12-25-17-5-8-26-19(9-17)13-22(14-19)27(23,24)18-3-2-6-20-11-18;3-2(4,5)1(6)7/h2-4,6-7,10-11,17H,5,8-9,12-14H2,1H3;(H,6,7). The third-order valence-corrected chi connectivity index (χ3v) is 7.29. The van der Waals surface area contributed by atoms with Gasteiger partial charge in [-0.05, 0) is 42.7 Å². The monoisotopic (exact) mass is 503 g/mol. The van der Waals surface area contributed by atoms with E-state index < -0.39 is 27.8 Å². The minimum atomic E-state index is -5.08. The van der Waals surface area contributed by atoms with Crippen LogP contribution in [-0.2, 0) is 30.9 Å². The van der Waals surface area contributed by atoms with Crippen LogP contribution in [0.15, 0.2) is 47.9 Å². The molecular formula is C21H24F3N3O6S. The van der Waals surface area contributed by atoms with Crippen LogP contribution >= 0.6 is 0 Å². The predicted octanol–water partition coefficient (Wildman–Crippen LogP) is 2.56. The minimum absolute atomic E-state index is 0.0570. The molecule has 0 amide bonds. The molecule has 1 spiro atoms. The van der Waals surface area contributed by atoms with Crippen molar-refractivity contribution in [3.05, 3.63) is 54.1 Å². The van der Waals surface area contributed by atoms with Gasteiger partial charge in [0.2, 0.25) is 10.0 Å². The van der Waals surface area contributed by atoms with E-state index in [1.165, 1.54) is 10.5 Å². The number of carbonyl (C=O) groups is 1. The number of aromatic nitrogens is 2. The fraction of sp³-hybridized carbons (Fsp3) is 0.476. The second-order valence-electron chi connectivity index (χ2n) is 8.02. The molecule has 34 heavy (non-hydrogen) atoms. The van der Waals surface area contributed by atoms with E-state index in [9.17, 15) is 21.6 Å². The van der Waals surface area contributed by atoms with Crippen LogP contribution in [0.2, 0.25) is 0 Å². The zero-order valence-electron chi connectivity index (χ0n) is 18.2. The van der Waals surface area contributed by atoms with Crippen LogP contribution in [0, 0.1) is 6.92 Å². The molecule has 0 bridgehead atoms. The van der Waals surface area contributed by atoms with Crippen molar-refractivity contribution in [1.29, 1.82) is 0 Å². The highest BCUT2D eigenvalue weighted by atomic mass is 32.2. The largest absolute Gasteiger partial charge is 0.490 e. The van der Waals surface area contributed by atoms with Crippen LogP contribution in [-0.4, -0.2) is 71.3 Å². The lowest BCUT2D eigenvalue weighted by molar-refractivity contribution is -0.192. The Morgan fingerprint density at radius 1 is 1.26 bits per heavy atom. The molecule has 0 radical (unpaired) electrons. The molecule has 2 saturated heterocycles. The number of pyridine rings is 2. The summed E-state index contributed by atoms with van der Waals surface area (Å²) in [5.74, 6) is -2.76. The Kier molecular flexibility index (Phi) is 7.91. The average molecular weight is 503 g/mol. The summed E-state index contributed by atoms with van der Waals surface area (Å²) in [6.07, 6.45) is 3.03. The van der Waals surface area contributed by atoms with E-state index in [0.29, 0.717) is 32.7 Å². The van der Waals surface area contributed by atoms with E-state index in [0.717, 1.165) is 17.5 Å². The van der Waals surface area contributed by atoms with Crippen LogP contribution in [0.1, 0.15) is 24.0 Å². The first kappa shape index (κ1) is 26.0. The van der Waals surface area contributed by atoms with Gasteiger partial charge >= 0.3 is 12.1 Å². The van der Waals surface area contributed by atoms with Crippen molar-refractivity contribution < 1.29 is 41.0 Å². The molecule has 9 nitrogen and oxygen atoms in total. The Bertz CT molecular complexity index is 1090. The lowest BCUT2D eigenvalue weighted by Gasteiger charge is -2.52. The van der Waals surface area contributed by atoms with Crippen molar-refractivity contribution in [1.82, 2.24) is 14.3 Å². The average Bonchev–Trinajstić information content (AvgIpc) is 2.77. The number of carboxylic acids is 1. The number of ether oxygens (including phenoxy) is 2. The summed E-state index contributed by atoms with van der Waals surface area (Å²) in [6.45, 7) is 3.85. The molecule has 1 N–H and O–H groups in total. The molecule has 0 saturated carbocycles. The van der Waals surface area contributed by atoms with Gasteiger partial charge in [0.1, 0.15) is 4.90 Å². The van der Waals surface area contributed by atoms with Gasteiger partial charge in [-0.1, -0.05) is 0 Å². The Labute approximate surface area is 194 Å². The molecule has 13 heteroatoms. The van der Waals surface area contributed by atoms with Gasteiger partial charge in [0.15, 0.2) is 0 Å². The highest BCUT2D eigenvalue weighted by molar-refractivity contribution is 7.89. The van der Waals surface area contributed by atoms with Crippen molar-refractivity contribution in [3.8, 4) is 0 Å². The summed E-state index contributed by atoms with van der Waals surface area (Å²) in [4.78, 5) is 17.2. The van der Waals surface area contributed by atoms with E-state index in [1.807, 2.05) is 19.2 Å². The van der Waals surface area contributed by atoms with E-state index in [2.05, 4.69) is 9.97 Å². The number of aliphatic carboxylic acids is 1. The zero-order chi connectivity index (χ0) is 25.0. The smallest absolute Gasteiger partial charge is 0.475 e. The van der Waals surface area contributed by atoms with Crippen LogP contribution in [0.3, 0.4) is 0 Å². The lowest BCUT2D eigenvalue weighted by atomic mass is 9.86. The highest BCUT2D eigenvalue weighted by Crippen LogP contribution is 2.38. The Morgan fingerprint density at radius 3 is 2.53 bits per heavy atom. The van der Waals surface area contributed by atoms with Crippen molar-refractivity contribution in [2.24, 2.45) is 0 Å². The Balaban J connectivity index is 0.000000406. The first-order chi connectivity index (χ1) is 15.9. The molecule has 4 heterocycles. The lowest BCUT2D eigenvalue weighted by Crippen LogP contribution is -2.67. The van der Waals surface area contributed by atoms with Crippen molar-refractivity contribution in [3.63, 3.8) is 0 Å². The molecule has 2 fully saturated rings. The predicted molar refractivity (Wildman–Crippen MR) is 112 cm³/mol. The maximum Gasteiger partial charge on any atom is 0.490 e. The molecule has 2 aliphatic rings. The van der Waals surface area contributed by atoms with E-state index in [1.54, 1.807) is 24.5 Å². The van der Waals surface area contributed by atoms with Crippen LogP contribution in [0.5, 0.6) is 0 Å². The fourth-order valence-electron chi connectivity index (χ4n) is 3.62. The SMILES string of the molecule is Cc1ccncc1COC1CCOC2(C1)CN(S(=O)(=O)c1cccnc1)C2.O=C(O)C(F)(F)F. The number of rotatable bonds is 5. The van der Waals surface area contributed by atoms with Crippen LogP contribution in [0.4, 0.5) is 13.2 Å². The first-order valence-corrected chi connectivity index (χ1v) is 11.7. The molecular weight excluding hydrogens is 479 g/mol. The molecule has 1 unspecified atom stereocenters. The normalized spacial score (nSPS) is 20.2. The molecule has 0 aliphatic carbocycles. The summed E-state index contributed by atoms with van der Waals surface area (Å²) in [5.41, 5.74) is 1.79. The number of halogens is 3. The molecule has 2 aliphatic heterocycles. The van der Waals surface area contributed by atoms with Gasteiger partial charge in [0.25, 0.3) is 0 Å². The van der Waals surface area contributed by atoms with E-state index >= 15 is 0 Å². The van der Waals surface area contributed by atoms with Gasteiger partial charge in [-0.2, -0.15) is 17.5 Å². The van der Waals surface area contributed by atoms with Crippen LogP contribution in [0.25, 0.3) is 0 Å². The van der Waals surface area contributed by atoms with Gasteiger partial charge in [-0.15, -0.1) is 0 Å². The van der Waals surface area contributed by atoms with Crippen molar-refractivity contribution >= 4 is 16.0 Å². The van der Waals surface area contributed by atoms with Crippen molar-refractivity contribution in [2.75, 3.05) is 19.7 Å². The molecule has 0 aromatic carbocycles. The summed E-state index contributed by atoms with van der Waals surface area (Å²) >= 11 is 0. The maximum absolute atomic E-state index is 12.7. The number of carboxylic acid groups (broad SMARTS) is 1. The third kappa shape index (κ3) is 6.29. The fourth-order valence-corrected chi connectivity index (χ4v) is 5.17. The zero-order valence-corrected chi connectivity index (χ0v) is 19.1. The van der Waals surface area contributed by atoms with Crippen LogP contribution < -0.4 is 0 Å². The topological polar surface area (TPSA) is 119 Å². The number of alkyl halides is 3. The molecule has 186 valence electrons. The molecule has 2 aromatic heterocycles. The molecule has 1 atom stereocenters. The summed E-state index contributed by atoms with van der Waals surface area (Å²) in [6, 6.07) is 5.16. The number of aryl methyl sites for hydroxylation is 1. The second-order valence-corrected chi connectivity index (χ2v) is 9.96. The summed E-state index contributed by atoms with van der Waals surface area (Å²) < 4.78 is 70.6. The van der Waals surface area contributed by atoms with Gasteiger partial charge in [0.05, 0.1) is 18.3 Å². The first-order valence-electron chi connectivity index (χ1n) is 10.3. The van der Waals surface area contributed by atoms with Gasteiger partial charge in [-0.25, -0.2) is 13.2 Å². The van der Waals surface area contributed by atoms with E-state index in [4.69, 9.17) is 19.4 Å². The van der Waals surface area contributed by atoms with Gasteiger partial charge in [0, 0.05) is 50.9 Å².